The summed E-state index contributed by atoms with van der Waals surface area (Å²) in [7, 11) is 1.79. The van der Waals surface area contributed by atoms with Crippen molar-refractivity contribution in [1.29, 1.82) is 0 Å². The van der Waals surface area contributed by atoms with Gasteiger partial charge in [-0.3, -0.25) is 4.79 Å². The molecule has 156 valence electrons. The maximum absolute atomic E-state index is 11.5. The van der Waals surface area contributed by atoms with Gasteiger partial charge >= 0.3 is 5.97 Å². The fourth-order valence-electron chi connectivity index (χ4n) is 4.37. The Hall–Kier alpha value is -1.43. The minimum absolute atomic E-state index is 0.240. The van der Waals surface area contributed by atoms with E-state index in [0.29, 0.717) is 0 Å². The first-order valence-corrected chi connectivity index (χ1v) is 10.8. The molecule has 0 amide bonds. The van der Waals surface area contributed by atoms with Crippen LogP contribution in [-0.2, 0) is 9.53 Å². The zero-order valence-corrected chi connectivity index (χ0v) is 17.2. The highest BCUT2D eigenvalue weighted by atomic mass is 16.5. The average molecular weight is 389 g/mol. The number of carboxylic acid groups (broad SMARTS) is 1. The van der Waals surface area contributed by atoms with Gasteiger partial charge in [-0.05, 0) is 51.6 Å². The van der Waals surface area contributed by atoms with Crippen LogP contribution in [0.5, 0.6) is 0 Å². The van der Waals surface area contributed by atoms with Crippen molar-refractivity contribution in [3.63, 3.8) is 0 Å². The molecule has 1 aromatic carbocycles. The van der Waals surface area contributed by atoms with Gasteiger partial charge < -0.3 is 20.1 Å². The first kappa shape index (κ1) is 21.3. The number of aliphatic carboxylic acids is 1. The minimum Gasteiger partial charge on any atom is -0.481 e. The lowest BCUT2D eigenvalue weighted by Crippen LogP contribution is -2.53. The van der Waals surface area contributed by atoms with Gasteiger partial charge in [0.25, 0.3) is 0 Å². The number of methoxy groups -OCH3 is 1. The molecule has 0 atom stereocenters. The van der Waals surface area contributed by atoms with Crippen molar-refractivity contribution in [3.05, 3.63) is 36.4 Å². The zero-order valence-electron chi connectivity index (χ0n) is 17.2. The number of ether oxygens (including phenoxy) is 1. The molecule has 0 bridgehead atoms. The summed E-state index contributed by atoms with van der Waals surface area (Å²) in [6.45, 7) is 4.60. The highest BCUT2D eigenvalue weighted by Gasteiger charge is 2.46. The summed E-state index contributed by atoms with van der Waals surface area (Å²) in [6.07, 6.45) is 7.62. The molecule has 0 radical (unpaired) electrons. The van der Waals surface area contributed by atoms with Crippen LogP contribution in [-0.4, -0.2) is 61.9 Å². The second-order valence-corrected chi connectivity index (χ2v) is 8.96. The van der Waals surface area contributed by atoms with Crippen LogP contribution in [0.3, 0.4) is 0 Å². The predicted octanol–water partition coefficient (Wildman–Crippen LogP) is 3.41. The fourth-order valence-corrected chi connectivity index (χ4v) is 4.37. The number of benzene rings is 1. The lowest BCUT2D eigenvalue weighted by atomic mass is 9.68. The van der Waals surface area contributed by atoms with Gasteiger partial charge in [0, 0.05) is 31.7 Å². The van der Waals surface area contributed by atoms with Crippen LogP contribution >= 0.6 is 0 Å². The van der Waals surface area contributed by atoms with Crippen molar-refractivity contribution in [2.24, 2.45) is 10.8 Å². The summed E-state index contributed by atoms with van der Waals surface area (Å²) in [6, 6.07) is 12.7. The van der Waals surface area contributed by atoms with E-state index in [9.17, 15) is 9.90 Å². The Balaban J connectivity index is 0.000000320. The molecule has 28 heavy (non-hydrogen) atoms. The first-order chi connectivity index (χ1) is 13.6. The van der Waals surface area contributed by atoms with Crippen LogP contribution < -0.4 is 5.32 Å². The van der Waals surface area contributed by atoms with E-state index in [1.807, 2.05) is 36.4 Å². The molecule has 1 heterocycles. The van der Waals surface area contributed by atoms with Crippen LogP contribution in [0, 0.1) is 10.8 Å². The quantitative estimate of drug-likeness (QED) is 0.715. The van der Waals surface area contributed by atoms with Crippen LogP contribution in [0.4, 0.5) is 0 Å². The third-order valence-electron chi connectivity index (χ3n) is 6.67. The van der Waals surface area contributed by atoms with E-state index in [-0.39, 0.29) is 5.41 Å². The molecule has 2 saturated carbocycles. The molecule has 4 rings (SSSR count). The second kappa shape index (κ2) is 9.86. The molecule has 1 aromatic rings. The summed E-state index contributed by atoms with van der Waals surface area (Å²) in [5, 5.41) is 13.2. The molecule has 0 aromatic heterocycles. The minimum atomic E-state index is -0.595. The first-order valence-electron chi connectivity index (χ1n) is 10.8. The van der Waals surface area contributed by atoms with Crippen LogP contribution in [0.25, 0.3) is 0 Å². The third kappa shape index (κ3) is 5.79. The van der Waals surface area contributed by atoms with Crippen molar-refractivity contribution in [1.82, 2.24) is 10.2 Å². The number of nitrogens with zero attached hydrogens (tertiary/aromatic N) is 1. The molecule has 5 nitrogen and oxygen atoms in total. The van der Waals surface area contributed by atoms with Gasteiger partial charge in [-0.1, -0.05) is 42.8 Å². The Kier molecular flexibility index (Phi) is 7.49. The monoisotopic (exact) mass is 388 g/mol. The van der Waals surface area contributed by atoms with Crippen molar-refractivity contribution in [2.45, 2.75) is 51.0 Å². The van der Waals surface area contributed by atoms with E-state index >= 15 is 0 Å². The van der Waals surface area contributed by atoms with Crippen LogP contribution in [0.15, 0.2) is 36.4 Å². The Bertz CT molecular complexity index is 564. The number of piperidine rings is 1. The van der Waals surface area contributed by atoms with Crippen molar-refractivity contribution in [3.8, 4) is 0 Å². The van der Waals surface area contributed by atoms with E-state index in [1.54, 1.807) is 7.11 Å². The van der Waals surface area contributed by atoms with E-state index in [4.69, 9.17) is 4.74 Å². The molecule has 5 heteroatoms. The average Bonchev–Trinajstić information content (AvgIpc) is 3.51. The zero-order chi connectivity index (χ0) is 19.9. The van der Waals surface area contributed by atoms with E-state index in [0.717, 1.165) is 70.9 Å². The molecule has 0 spiro atoms. The number of likely N-dealkylation sites (tertiary alicyclic amines) is 1. The van der Waals surface area contributed by atoms with E-state index in [1.165, 1.54) is 12.8 Å². The normalized spacial score (nSPS) is 23.2. The standard InChI is InChI=1S/C17H30N2O3.C6H6/c1-22-13-16(11-18-14-3-4-14)7-9-19(10-8-16)12-17(15(20)21)5-2-6-17;1-2-4-6-5-3-1/h14,18H,2-13H2,1H3,(H,20,21);1-6H. The molecular weight excluding hydrogens is 352 g/mol. The smallest absolute Gasteiger partial charge is 0.310 e. The van der Waals surface area contributed by atoms with Gasteiger partial charge in [0.2, 0.25) is 0 Å². The Morgan fingerprint density at radius 1 is 1.07 bits per heavy atom. The molecule has 0 unspecified atom stereocenters. The Morgan fingerprint density at radius 2 is 1.64 bits per heavy atom. The van der Waals surface area contributed by atoms with Gasteiger partial charge in [0.1, 0.15) is 0 Å². The predicted molar refractivity (Wildman–Crippen MR) is 111 cm³/mol. The number of carboxylic acids is 1. The maximum atomic E-state index is 11.5. The van der Waals surface area contributed by atoms with Crippen molar-refractivity contribution >= 4 is 5.97 Å². The highest BCUT2D eigenvalue weighted by molar-refractivity contribution is 5.76. The molecule has 2 aliphatic carbocycles. The molecule has 1 saturated heterocycles. The highest BCUT2D eigenvalue weighted by Crippen LogP contribution is 2.43. The molecule has 3 fully saturated rings. The molecular formula is C23H36N2O3. The second-order valence-electron chi connectivity index (χ2n) is 8.96. The molecule has 2 N–H and O–H groups in total. The SMILES string of the molecule is COCC1(CNC2CC2)CCN(CC2(C(=O)O)CCC2)CC1.c1ccccc1. The topological polar surface area (TPSA) is 61.8 Å². The number of nitrogens with one attached hydrogen (secondary N) is 1. The Labute approximate surface area is 169 Å². The van der Waals surface area contributed by atoms with Crippen LogP contribution in [0.1, 0.15) is 44.9 Å². The summed E-state index contributed by atoms with van der Waals surface area (Å²) in [5.41, 5.74) is -0.211. The number of rotatable bonds is 8. The van der Waals surface area contributed by atoms with Gasteiger partial charge in [0.15, 0.2) is 0 Å². The number of hydrogen-bond donors (Lipinski definition) is 2. The number of carbonyl (C=O) groups is 1. The van der Waals surface area contributed by atoms with Gasteiger partial charge in [-0.25, -0.2) is 0 Å². The Morgan fingerprint density at radius 3 is 2.04 bits per heavy atom. The van der Waals surface area contributed by atoms with E-state index in [2.05, 4.69) is 10.2 Å². The molecule has 1 aliphatic heterocycles. The van der Waals surface area contributed by atoms with Gasteiger partial charge in [0.05, 0.1) is 12.0 Å². The van der Waals surface area contributed by atoms with Crippen molar-refractivity contribution in [2.75, 3.05) is 39.9 Å². The number of hydrogen-bond acceptors (Lipinski definition) is 4. The summed E-state index contributed by atoms with van der Waals surface area (Å²) in [5.74, 6) is -0.595. The summed E-state index contributed by atoms with van der Waals surface area (Å²) in [4.78, 5) is 13.9. The largest absolute Gasteiger partial charge is 0.481 e. The summed E-state index contributed by atoms with van der Waals surface area (Å²) < 4.78 is 5.49. The van der Waals surface area contributed by atoms with Gasteiger partial charge in [-0.15, -0.1) is 0 Å². The third-order valence-corrected chi connectivity index (χ3v) is 6.67. The van der Waals surface area contributed by atoms with E-state index < -0.39 is 11.4 Å². The molecule has 3 aliphatic rings. The van der Waals surface area contributed by atoms with Crippen molar-refractivity contribution < 1.29 is 14.6 Å². The fraction of sp³-hybridized carbons (Fsp3) is 0.696. The lowest BCUT2D eigenvalue weighted by molar-refractivity contribution is -0.157. The lowest BCUT2D eigenvalue weighted by Gasteiger charge is -2.46. The van der Waals surface area contributed by atoms with Gasteiger partial charge in [-0.2, -0.15) is 0 Å². The summed E-state index contributed by atoms with van der Waals surface area (Å²) >= 11 is 0. The van der Waals surface area contributed by atoms with Crippen LogP contribution in [0.2, 0.25) is 0 Å². The maximum Gasteiger partial charge on any atom is 0.310 e.